The highest BCUT2D eigenvalue weighted by Gasteiger charge is 2.17. The zero-order chi connectivity index (χ0) is 22.7. The summed E-state index contributed by atoms with van der Waals surface area (Å²) in [6.45, 7) is 5.53. The number of rotatable bonds is 6. The number of methoxy groups -OCH3 is 1. The summed E-state index contributed by atoms with van der Waals surface area (Å²) in [5, 5.41) is 4.90. The standard InChI is InChI=1S/C22H21Br2N3O4/c1-12(2)20-26-18-7-6-15(23)10-16(18)21(28)27(20)25-11-14-5-8-19(17(24)9-14)31-13(3)22(29)30-4/h5-13H,1-4H3/t13-/m0/s1. The van der Waals surface area contributed by atoms with Gasteiger partial charge >= 0.3 is 5.97 Å². The minimum Gasteiger partial charge on any atom is -0.478 e. The van der Waals surface area contributed by atoms with Crippen LogP contribution in [0.4, 0.5) is 0 Å². The molecule has 3 rings (SSSR count). The maximum atomic E-state index is 13.1. The zero-order valence-electron chi connectivity index (χ0n) is 17.4. The van der Waals surface area contributed by atoms with Gasteiger partial charge < -0.3 is 9.47 Å². The van der Waals surface area contributed by atoms with Gasteiger partial charge in [0.25, 0.3) is 5.56 Å². The number of ether oxygens (including phenoxy) is 2. The minimum atomic E-state index is -0.740. The van der Waals surface area contributed by atoms with Gasteiger partial charge in [-0.1, -0.05) is 29.8 Å². The zero-order valence-corrected chi connectivity index (χ0v) is 20.6. The molecular weight excluding hydrogens is 530 g/mol. The van der Waals surface area contributed by atoms with Gasteiger partial charge in [0.1, 0.15) is 11.6 Å². The number of halogens is 2. The Labute approximate surface area is 196 Å². The van der Waals surface area contributed by atoms with Gasteiger partial charge in [-0.25, -0.2) is 9.78 Å². The molecule has 0 N–H and O–H groups in total. The third kappa shape index (κ3) is 5.22. The van der Waals surface area contributed by atoms with E-state index >= 15 is 0 Å². The first-order chi connectivity index (χ1) is 14.7. The Bertz CT molecular complexity index is 1220. The van der Waals surface area contributed by atoms with Gasteiger partial charge in [-0.3, -0.25) is 4.79 Å². The van der Waals surface area contributed by atoms with Crippen LogP contribution < -0.4 is 10.3 Å². The highest BCUT2D eigenvalue weighted by Crippen LogP contribution is 2.27. The number of benzene rings is 2. The summed E-state index contributed by atoms with van der Waals surface area (Å²) in [5.41, 5.74) is 1.13. The molecule has 3 aromatic rings. The lowest BCUT2D eigenvalue weighted by atomic mass is 10.2. The van der Waals surface area contributed by atoms with Crippen molar-refractivity contribution in [2.75, 3.05) is 7.11 Å². The largest absolute Gasteiger partial charge is 0.478 e. The van der Waals surface area contributed by atoms with Crippen molar-refractivity contribution in [3.05, 3.63) is 67.1 Å². The molecule has 0 saturated carbocycles. The van der Waals surface area contributed by atoms with E-state index < -0.39 is 12.1 Å². The van der Waals surface area contributed by atoms with Crippen LogP contribution >= 0.6 is 31.9 Å². The summed E-state index contributed by atoms with van der Waals surface area (Å²) in [6, 6.07) is 10.7. The number of carbonyl (C=O) groups is 1. The minimum absolute atomic E-state index is 0.000202. The van der Waals surface area contributed by atoms with Gasteiger partial charge in [-0.15, -0.1) is 0 Å². The Kier molecular flexibility index (Phi) is 7.27. The molecule has 0 saturated heterocycles. The SMILES string of the molecule is COC(=O)[C@H](C)Oc1ccc(C=Nn2c(C(C)C)nc3ccc(Br)cc3c2=O)cc1Br. The van der Waals surface area contributed by atoms with E-state index in [2.05, 4.69) is 46.7 Å². The normalized spacial score (nSPS) is 12.5. The van der Waals surface area contributed by atoms with Crippen molar-refractivity contribution >= 4 is 54.9 Å². The molecule has 7 nitrogen and oxygen atoms in total. The summed E-state index contributed by atoms with van der Waals surface area (Å²) < 4.78 is 13.1. The van der Waals surface area contributed by atoms with Crippen molar-refractivity contribution in [2.24, 2.45) is 5.10 Å². The Morgan fingerprint density at radius 2 is 1.90 bits per heavy atom. The van der Waals surface area contributed by atoms with Crippen molar-refractivity contribution < 1.29 is 14.3 Å². The molecule has 1 atom stereocenters. The first-order valence-electron chi connectivity index (χ1n) is 9.52. The number of esters is 1. The molecule has 0 aliphatic heterocycles. The van der Waals surface area contributed by atoms with Crippen molar-refractivity contribution in [2.45, 2.75) is 32.8 Å². The van der Waals surface area contributed by atoms with E-state index in [9.17, 15) is 9.59 Å². The average molecular weight is 551 g/mol. The van der Waals surface area contributed by atoms with E-state index in [0.717, 1.165) is 10.0 Å². The van der Waals surface area contributed by atoms with E-state index in [0.29, 0.717) is 26.9 Å². The average Bonchev–Trinajstić information content (AvgIpc) is 2.74. The molecule has 1 heterocycles. The highest BCUT2D eigenvalue weighted by molar-refractivity contribution is 9.10. The molecule has 0 aliphatic carbocycles. The third-order valence-electron chi connectivity index (χ3n) is 4.46. The van der Waals surface area contributed by atoms with Crippen molar-refractivity contribution in [1.82, 2.24) is 9.66 Å². The van der Waals surface area contributed by atoms with E-state index in [1.807, 2.05) is 26.0 Å². The van der Waals surface area contributed by atoms with Crippen LogP contribution in [0.2, 0.25) is 0 Å². The maximum absolute atomic E-state index is 13.1. The smallest absolute Gasteiger partial charge is 0.346 e. The van der Waals surface area contributed by atoms with E-state index in [4.69, 9.17) is 4.74 Å². The maximum Gasteiger partial charge on any atom is 0.346 e. The van der Waals surface area contributed by atoms with Gasteiger partial charge in [0.15, 0.2) is 6.10 Å². The summed E-state index contributed by atoms with van der Waals surface area (Å²) in [6.07, 6.45) is 0.841. The number of carbonyl (C=O) groups excluding carboxylic acids is 1. The second-order valence-electron chi connectivity index (χ2n) is 7.12. The molecular formula is C22H21Br2N3O4. The molecule has 162 valence electrons. The molecule has 0 radical (unpaired) electrons. The summed E-state index contributed by atoms with van der Waals surface area (Å²) in [7, 11) is 1.31. The summed E-state index contributed by atoms with van der Waals surface area (Å²) in [4.78, 5) is 29.3. The molecule has 0 fully saturated rings. The van der Waals surface area contributed by atoms with Gasteiger partial charge in [0.2, 0.25) is 0 Å². The quantitative estimate of drug-likeness (QED) is 0.323. The fraction of sp³-hybridized carbons (Fsp3) is 0.273. The van der Waals surface area contributed by atoms with E-state index in [1.54, 1.807) is 37.4 Å². The number of fused-ring (bicyclic) bond motifs is 1. The molecule has 31 heavy (non-hydrogen) atoms. The molecule has 0 unspecified atom stereocenters. The molecule has 0 aliphatic rings. The van der Waals surface area contributed by atoms with E-state index in [1.165, 1.54) is 11.8 Å². The Balaban J connectivity index is 1.97. The highest BCUT2D eigenvalue weighted by atomic mass is 79.9. The molecule has 0 amide bonds. The van der Waals surface area contributed by atoms with Crippen LogP contribution in [0.3, 0.4) is 0 Å². The Hall–Kier alpha value is -2.52. The molecule has 0 bridgehead atoms. The second-order valence-corrected chi connectivity index (χ2v) is 8.89. The first kappa shape index (κ1) is 23.1. The Morgan fingerprint density at radius 1 is 1.16 bits per heavy atom. The van der Waals surface area contributed by atoms with Crippen LogP contribution in [0.5, 0.6) is 5.75 Å². The summed E-state index contributed by atoms with van der Waals surface area (Å²) >= 11 is 6.84. The lowest BCUT2D eigenvalue weighted by molar-refractivity contribution is -0.147. The van der Waals surface area contributed by atoms with Crippen LogP contribution in [0.25, 0.3) is 10.9 Å². The van der Waals surface area contributed by atoms with Crippen LogP contribution in [-0.2, 0) is 9.53 Å². The molecule has 9 heteroatoms. The Morgan fingerprint density at radius 3 is 2.55 bits per heavy atom. The number of aromatic nitrogens is 2. The van der Waals surface area contributed by atoms with Gasteiger partial charge in [-0.2, -0.15) is 9.78 Å². The van der Waals surface area contributed by atoms with Crippen LogP contribution in [0, 0.1) is 0 Å². The molecule has 1 aromatic heterocycles. The number of hydrogen-bond donors (Lipinski definition) is 0. The van der Waals surface area contributed by atoms with Gasteiger partial charge in [0, 0.05) is 10.4 Å². The first-order valence-corrected chi connectivity index (χ1v) is 11.1. The fourth-order valence-corrected chi connectivity index (χ4v) is 3.72. The van der Waals surface area contributed by atoms with Crippen molar-refractivity contribution in [3.8, 4) is 5.75 Å². The third-order valence-corrected chi connectivity index (χ3v) is 5.58. The van der Waals surface area contributed by atoms with Crippen LogP contribution in [0.1, 0.15) is 38.1 Å². The number of hydrogen-bond acceptors (Lipinski definition) is 6. The fourth-order valence-electron chi connectivity index (χ4n) is 2.87. The van der Waals surface area contributed by atoms with Gasteiger partial charge in [0.05, 0.1) is 28.7 Å². The predicted molar refractivity (Wildman–Crippen MR) is 127 cm³/mol. The lowest BCUT2D eigenvalue weighted by Crippen LogP contribution is -2.25. The lowest BCUT2D eigenvalue weighted by Gasteiger charge is -2.14. The predicted octanol–water partition coefficient (Wildman–Crippen LogP) is 4.87. The molecule has 2 aromatic carbocycles. The monoisotopic (exact) mass is 549 g/mol. The molecule has 0 spiro atoms. The van der Waals surface area contributed by atoms with Crippen LogP contribution in [0.15, 0.2) is 55.2 Å². The topological polar surface area (TPSA) is 82.8 Å². The van der Waals surface area contributed by atoms with Crippen molar-refractivity contribution in [3.63, 3.8) is 0 Å². The van der Waals surface area contributed by atoms with Gasteiger partial charge in [-0.05, 0) is 64.8 Å². The van der Waals surface area contributed by atoms with Crippen molar-refractivity contribution in [1.29, 1.82) is 0 Å². The summed E-state index contributed by atoms with van der Waals surface area (Å²) in [5.74, 6) is 0.600. The second kappa shape index (κ2) is 9.74. The van der Waals surface area contributed by atoms with Crippen LogP contribution in [-0.4, -0.2) is 35.1 Å². The number of nitrogens with zero attached hydrogens (tertiary/aromatic N) is 3. The van der Waals surface area contributed by atoms with E-state index in [-0.39, 0.29) is 11.5 Å².